The number of pyridine rings is 1. The number of para-hydroxylation sites is 3. The number of fused-ring (bicyclic) bond motifs is 4. The quantitative estimate of drug-likeness (QED) is 0.191. The molecule has 0 spiro atoms. The van der Waals surface area contributed by atoms with E-state index in [1.165, 1.54) is 33.6 Å². The molecule has 0 aliphatic carbocycles. The predicted octanol–water partition coefficient (Wildman–Crippen LogP) is 10.4. The average Bonchev–Trinajstić information content (AvgIpc) is 3.10. The number of benzene rings is 5. The molecule has 8 rings (SSSR count). The number of hydrogen-bond acceptors (Lipinski definition) is 5. The maximum Gasteiger partial charge on any atom is 0.223 e. The lowest BCUT2D eigenvalue weighted by atomic mass is 9.72. The van der Waals surface area contributed by atoms with Crippen LogP contribution in [0.4, 0.5) is 34.1 Å². The van der Waals surface area contributed by atoms with Crippen molar-refractivity contribution in [1.82, 2.24) is 4.98 Å². The van der Waals surface area contributed by atoms with Crippen molar-refractivity contribution < 1.29 is 8.42 Å². The van der Waals surface area contributed by atoms with Gasteiger partial charge in [-0.05, 0) is 89.8 Å². The summed E-state index contributed by atoms with van der Waals surface area (Å²) in [5, 5.41) is 0.0431. The first-order valence-corrected chi connectivity index (χ1v) is 17.8. The molecule has 0 saturated carbocycles. The summed E-state index contributed by atoms with van der Waals surface area (Å²) < 4.78 is 27.0. The number of anilines is 6. The van der Waals surface area contributed by atoms with Gasteiger partial charge in [0.1, 0.15) is 0 Å². The van der Waals surface area contributed by atoms with Crippen LogP contribution in [0, 0.1) is 6.92 Å². The Kier molecular flexibility index (Phi) is 6.70. The maximum absolute atomic E-state index is 13.5. The van der Waals surface area contributed by atoms with E-state index in [0.717, 1.165) is 22.7 Å². The smallest absolute Gasteiger partial charge is 0.223 e. The Hall–Kier alpha value is -5.20. The van der Waals surface area contributed by atoms with Gasteiger partial charge in [-0.1, -0.05) is 100 Å². The molecule has 238 valence electrons. The Morgan fingerprint density at radius 2 is 0.958 bits per heavy atom. The topological polar surface area (TPSA) is 53.5 Å². The lowest BCUT2D eigenvalue weighted by Crippen LogP contribution is -2.32. The molecule has 0 N–H and O–H groups in total. The fraction of sp³-hybridized carbons (Fsp3) is 0.167. The van der Waals surface area contributed by atoms with Gasteiger partial charge in [-0.2, -0.15) is 0 Å². The highest BCUT2D eigenvalue weighted by Crippen LogP contribution is 2.56. The van der Waals surface area contributed by atoms with Crippen molar-refractivity contribution >= 4 is 44.0 Å². The third-order valence-electron chi connectivity index (χ3n) is 10.2. The molecule has 0 atom stereocenters. The molecule has 0 saturated heterocycles. The van der Waals surface area contributed by atoms with Gasteiger partial charge in [-0.15, -0.1) is 0 Å². The van der Waals surface area contributed by atoms with Gasteiger partial charge in [0, 0.05) is 16.5 Å². The second kappa shape index (κ2) is 10.7. The Morgan fingerprint density at radius 3 is 1.52 bits per heavy atom. The van der Waals surface area contributed by atoms with Crippen molar-refractivity contribution in [2.24, 2.45) is 0 Å². The van der Waals surface area contributed by atoms with Gasteiger partial charge in [-0.3, -0.25) is 0 Å². The van der Waals surface area contributed by atoms with Crippen LogP contribution in [0.25, 0.3) is 0 Å². The van der Waals surface area contributed by atoms with Crippen LogP contribution >= 0.6 is 0 Å². The highest BCUT2D eigenvalue weighted by Gasteiger charge is 2.40. The lowest BCUT2D eigenvalue weighted by molar-refractivity contribution is 0.592. The van der Waals surface area contributed by atoms with Crippen molar-refractivity contribution in [1.29, 1.82) is 0 Å². The van der Waals surface area contributed by atoms with Crippen LogP contribution in [-0.4, -0.2) is 13.4 Å². The van der Waals surface area contributed by atoms with Crippen molar-refractivity contribution in [2.45, 2.75) is 55.4 Å². The van der Waals surface area contributed by atoms with Gasteiger partial charge < -0.3 is 9.80 Å². The maximum atomic E-state index is 13.5. The number of aryl methyl sites for hydroxylation is 1. The molecule has 3 heterocycles. The van der Waals surface area contributed by atoms with E-state index in [-0.39, 0.29) is 20.8 Å². The van der Waals surface area contributed by atoms with E-state index in [0.29, 0.717) is 5.69 Å². The Labute approximate surface area is 283 Å². The third kappa shape index (κ3) is 4.36. The molecule has 0 amide bonds. The largest absolute Gasteiger partial charge is 0.310 e. The molecule has 0 bridgehead atoms. The Balaban J connectivity index is 1.31. The van der Waals surface area contributed by atoms with Crippen molar-refractivity contribution in [3.05, 3.63) is 161 Å². The first kappa shape index (κ1) is 30.2. The molecule has 48 heavy (non-hydrogen) atoms. The molecule has 2 aliphatic heterocycles. The van der Waals surface area contributed by atoms with E-state index < -0.39 is 9.84 Å². The molecule has 5 aromatic carbocycles. The van der Waals surface area contributed by atoms with Gasteiger partial charge in [0.25, 0.3) is 0 Å². The molecule has 6 heteroatoms. The molecule has 0 unspecified atom stereocenters. The molecule has 2 aliphatic rings. The van der Waals surface area contributed by atoms with E-state index in [1.54, 1.807) is 30.3 Å². The zero-order chi connectivity index (χ0) is 33.4. The summed E-state index contributed by atoms with van der Waals surface area (Å²) in [6.45, 7) is 11.1. The summed E-state index contributed by atoms with van der Waals surface area (Å²) in [4.78, 5) is 9.56. The van der Waals surface area contributed by atoms with Crippen molar-refractivity contribution in [3.8, 4) is 0 Å². The second-order valence-electron chi connectivity index (χ2n) is 13.7. The standard InChI is InChI=1S/C42H37N3O2S/c1-28-35(25-26-40(43-28)48(46,47)30-15-7-6-8-16-30)45-38-22-14-11-19-33(38)42(4,5)34-27-29(23-24-39(34)45)44-36-20-12-9-17-31(36)41(2,3)32-18-10-13-21-37(32)44/h6-27H,1-5H3. The highest BCUT2D eigenvalue weighted by molar-refractivity contribution is 7.91. The summed E-state index contributed by atoms with van der Waals surface area (Å²) >= 11 is 0. The first-order chi connectivity index (χ1) is 23.0. The van der Waals surface area contributed by atoms with Crippen LogP contribution < -0.4 is 9.80 Å². The minimum Gasteiger partial charge on any atom is -0.310 e. The highest BCUT2D eigenvalue weighted by atomic mass is 32.2. The van der Waals surface area contributed by atoms with Gasteiger partial charge in [0.15, 0.2) is 5.03 Å². The zero-order valence-electron chi connectivity index (χ0n) is 27.8. The first-order valence-electron chi connectivity index (χ1n) is 16.3. The number of aromatic nitrogens is 1. The molecule has 6 aromatic rings. The third-order valence-corrected chi connectivity index (χ3v) is 11.9. The average molecular weight is 648 g/mol. The van der Waals surface area contributed by atoms with E-state index in [2.05, 4.69) is 128 Å². The van der Waals surface area contributed by atoms with Crippen LogP contribution in [-0.2, 0) is 20.7 Å². The van der Waals surface area contributed by atoms with E-state index in [1.807, 2.05) is 19.1 Å². The van der Waals surface area contributed by atoms with Gasteiger partial charge in [0.05, 0.1) is 39.0 Å². The number of nitrogens with zero attached hydrogens (tertiary/aromatic N) is 3. The van der Waals surface area contributed by atoms with Gasteiger partial charge in [-0.25, -0.2) is 13.4 Å². The minimum atomic E-state index is -3.76. The second-order valence-corrected chi connectivity index (χ2v) is 15.6. The van der Waals surface area contributed by atoms with Crippen LogP contribution in [0.15, 0.2) is 143 Å². The number of hydrogen-bond donors (Lipinski definition) is 0. The van der Waals surface area contributed by atoms with E-state index in [4.69, 9.17) is 4.98 Å². The lowest BCUT2D eigenvalue weighted by Gasteiger charge is -2.44. The zero-order valence-corrected chi connectivity index (χ0v) is 28.6. The van der Waals surface area contributed by atoms with Crippen LogP contribution in [0.2, 0.25) is 0 Å². The van der Waals surface area contributed by atoms with Crippen LogP contribution in [0.1, 0.15) is 55.6 Å². The monoisotopic (exact) mass is 647 g/mol. The normalized spacial score (nSPS) is 15.6. The summed E-state index contributed by atoms with van der Waals surface area (Å²) in [6, 6.07) is 44.7. The minimum absolute atomic E-state index is 0.0431. The molecule has 0 fully saturated rings. The predicted molar refractivity (Wildman–Crippen MR) is 194 cm³/mol. The van der Waals surface area contributed by atoms with Crippen LogP contribution in [0.5, 0.6) is 0 Å². The molecular formula is C42H37N3O2S. The molecule has 5 nitrogen and oxygen atoms in total. The summed E-state index contributed by atoms with van der Waals surface area (Å²) in [6.07, 6.45) is 0. The molecule has 0 radical (unpaired) electrons. The van der Waals surface area contributed by atoms with Gasteiger partial charge in [0.2, 0.25) is 9.84 Å². The van der Waals surface area contributed by atoms with Crippen molar-refractivity contribution in [3.63, 3.8) is 0 Å². The Bertz CT molecular complexity index is 2300. The number of sulfone groups is 1. The molecule has 1 aromatic heterocycles. The summed E-state index contributed by atoms with van der Waals surface area (Å²) in [5.74, 6) is 0. The summed E-state index contributed by atoms with van der Waals surface area (Å²) in [5.41, 5.74) is 11.5. The fourth-order valence-electron chi connectivity index (χ4n) is 7.67. The van der Waals surface area contributed by atoms with E-state index >= 15 is 0 Å². The van der Waals surface area contributed by atoms with Gasteiger partial charge >= 0.3 is 0 Å². The summed E-state index contributed by atoms with van der Waals surface area (Å²) in [7, 11) is -3.76. The SMILES string of the molecule is Cc1nc(S(=O)(=O)c2ccccc2)ccc1N1c2ccccc2C(C)(C)c2cc(N3c4ccccc4C(C)(C)c4ccccc43)ccc21. The van der Waals surface area contributed by atoms with E-state index in [9.17, 15) is 8.42 Å². The fourth-order valence-corrected chi connectivity index (χ4v) is 8.94. The van der Waals surface area contributed by atoms with Crippen molar-refractivity contribution in [2.75, 3.05) is 9.80 Å². The number of rotatable bonds is 4. The Morgan fingerprint density at radius 1 is 0.500 bits per heavy atom. The molecular weight excluding hydrogens is 611 g/mol. The van der Waals surface area contributed by atoms with Crippen LogP contribution in [0.3, 0.4) is 0 Å².